The summed E-state index contributed by atoms with van der Waals surface area (Å²) in [6.07, 6.45) is 2.07. The molecule has 0 spiro atoms. The van der Waals surface area contributed by atoms with Crippen LogP contribution in [0.5, 0.6) is 0 Å². The molecule has 26 heavy (non-hydrogen) atoms. The zero-order valence-corrected chi connectivity index (χ0v) is 16.5. The van der Waals surface area contributed by atoms with Gasteiger partial charge < -0.3 is 5.32 Å². The Labute approximate surface area is 161 Å². The maximum Gasteiger partial charge on any atom is 0.230 e. The zero-order valence-electron chi connectivity index (χ0n) is 15.7. The van der Waals surface area contributed by atoms with Gasteiger partial charge in [0.15, 0.2) is 0 Å². The van der Waals surface area contributed by atoms with E-state index in [2.05, 4.69) is 60.5 Å². The Morgan fingerprint density at radius 3 is 2.38 bits per heavy atom. The Bertz CT molecular complexity index is 738. The summed E-state index contributed by atoms with van der Waals surface area (Å²) in [5, 5.41) is 3.22. The molecule has 0 unspecified atom stereocenters. The van der Waals surface area contributed by atoms with Crippen LogP contribution in [0.3, 0.4) is 0 Å². The Kier molecular flexibility index (Phi) is 6.75. The topological polar surface area (TPSA) is 32.3 Å². The molecule has 1 N–H and O–H groups in total. The van der Waals surface area contributed by atoms with Gasteiger partial charge in [-0.1, -0.05) is 42.5 Å². The number of nitrogens with one attached hydrogen (secondary N) is 1. The number of benzene rings is 2. The first-order valence-corrected chi connectivity index (χ1v) is 10.3. The minimum atomic E-state index is 0.149. The van der Waals surface area contributed by atoms with Crippen LogP contribution in [0.4, 0.5) is 0 Å². The first-order valence-electron chi connectivity index (χ1n) is 9.36. The fourth-order valence-electron chi connectivity index (χ4n) is 3.39. The summed E-state index contributed by atoms with van der Waals surface area (Å²) in [5.41, 5.74) is 4.00. The van der Waals surface area contributed by atoms with E-state index in [1.807, 2.05) is 12.1 Å². The lowest BCUT2D eigenvalue weighted by molar-refractivity contribution is -0.119. The van der Waals surface area contributed by atoms with Gasteiger partial charge in [0, 0.05) is 30.6 Å². The Morgan fingerprint density at radius 1 is 1.04 bits per heavy atom. The first-order chi connectivity index (χ1) is 12.6. The predicted molar refractivity (Wildman–Crippen MR) is 110 cm³/mol. The van der Waals surface area contributed by atoms with Crippen LogP contribution in [0.25, 0.3) is 0 Å². The van der Waals surface area contributed by atoms with E-state index in [1.54, 1.807) is 11.8 Å². The van der Waals surface area contributed by atoms with E-state index in [9.17, 15) is 4.79 Å². The van der Waals surface area contributed by atoms with E-state index in [4.69, 9.17) is 0 Å². The molecule has 0 radical (unpaired) electrons. The molecule has 0 atom stereocenters. The summed E-state index contributed by atoms with van der Waals surface area (Å²) >= 11 is 1.63. The molecule has 1 amide bonds. The van der Waals surface area contributed by atoms with Gasteiger partial charge in [0.25, 0.3) is 0 Å². The van der Waals surface area contributed by atoms with Crippen LogP contribution in [0.1, 0.15) is 29.5 Å². The molecule has 3 rings (SSSR count). The van der Waals surface area contributed by atoms with Crippen LogP contribution in [0.2, 0.25) is 0 Å². The largest absolute Gasteiger partial charge is 0.353 e. The summed E-state index contributed by atoms with van der Waals surface area (Å²) in [6.45, 7) is 7.36. The fourth-order valence-corrected chi connectivity index (χ4v) is 4.24. The molecule has 1 heterocycles. The SMILES string of the molecule is Cc1ccccc1CN1CCC(NC(=O)CSc2ccccc2C)CC1. The van der Waals surface area contributed by atoms with Crippen LogP contribution in [0.15, 0.2) is 53.4 Å². The van der Waals surface area contributed by atoms with Gasteiger partial charge in [-0.3, -0.25) is 9.69 Å². The van der Waals surface area contributed by atoms with Crippen molar-refractivity contribution < 1.29 is 4.79 Å². The van der Waals surface area contributed by atoms with Gasteiger partial charge in [0.1, 0.15) is 0 Å². The third kappa shape index (κ3) is 5.36. The van der Waals surface area contributed by atoms with Gasteiger partial charge in [0.2, 0.25) is 5.91 Å². The quantitative estimate of drug-likeness (QED) is 0.777. The molecule has 3 nitrogen and oxygen atoms in total. The number of rotatable bonds is 6. The van der Waals surface area contributed by atoms with Crippen molar-refractivity contribution >= 4 is 17.7 Å². The average molecular weight is 369 g/mol. The van der Waals surface area contributed by atoms with E-state index >= 15 is 0 Å². The maximum atomic E-state index is 12.3. The monoisotopic (exact) mass is 368 g/mol. The highest BCUT2D eigenvalue weighted by Gasteiger charge is 2.21. The number of carbonyl (C=O) groups is 1. The van der Waals surface area contributed by atoms with Crippen molar-refractivity contribution in [1.29, 1.82) is 0 Å². The number of amides is 1. The summed E-state index contributed by atoms with van der Waals surface area (Å²) in [5.74, 6) is 0.643. The third-order valence-corrected chi connectivity index (χ3v) is 6.24. The average Bonchev–Trinajstić information content (AvgIpc) is 2.64. The van der Waals surface area contributed by atoms with Gasteiger partial charge in [-0.25, -0.2) is 0 Å². The lowest BCUT2D eigenvalue weighted by Crippen LogP contribution is -2.44. The molecule has 0 aromatic heterocycles. The molecular weight excluding hydrogens is 340 g/mol. The molecule has 4 heteroatoms. The zero-order chi connectivity index (χ0) is 18.4. The van der Waals surface area contributed by atoms with E-state index in [1.165, 1.54) is 21.6 Å². The minimum absolute atomic E-state index is 0.149. The van der Waals surface area contributed by atoms with Gasteiger partial charge >= 0.3 is 0 Å². The number of carbonyl (C=O) groups excluding carboxylic acids is 1. The van der Waals surface area contributed by atoms with E-state index in [0.717, 1.165) is 32.5 Å². The molecule has 138 valence electrons. The molecule has 0 bridgehead atoms. The van der Waals surface area contributed by atoms with Crippen molar-refractivity contribution in [3.63, 3.8) is 0 Å². The Hall–Kier alpha value is -1.78. The van der Waals surface area contributed by atoms with Gasteiger partial charge in [-0.2, -0.15) is 0 Å². The molecular formula is C22H28N2OS. The van der Waals surface area contributed by atoms with Crippen molar-refractivity contribution in [2.45, 2.75) is 44.2 Å². The number of hydrogen-bond acceptors (Lipinski definition) is 3. The first kappa shape index (κ1) is 19.0. The normalized spacial score (nSPS) is 15.8. The molecule has 1 saturated heterocycles. The summed E-state index contributed by atoms with van der Waals surface area (Å²) in [4.78, 5) is 16.0. The molecule has 1 fully saturated rings. The van der Waals surface area contributed by atoms with Crippen molar-refractivity contribution in [1.82, 2.24) is 10.2 Å². The molecule has 2 aromatic carbocycles. The number of piperidine rings is 1. The lowest BCUT2D eigenvalue weighted by Gasteiger charge is -2.32. The number of thioether (sulfide) groups is 1. The summed E-state index contributed by atoms with van der Waals surface area (Å²) in [7, 11) is 0. The molecule has 0 aliphatic carbocycles. The third-order valence-electron chi connectivity index (χ3n) is 5.06. The van der Waals surface area contributed by atoms with Crippen molar-refractivity contribution in [2.24, 2.45) is 0 Å². The summed E-state index contributed by atoms with van der Waals surface area (Å²) in [6, 6.07) is 17.1. The highest BCUT2D eigenvalue weighted by Crippen LogP contribution is 2.22. The number of nitrogens with zero attached hydrogens (tertiary/aromatic N) is 1. The molecule has 0 saturated carbocycles. The fraction of sp³-hybridized carbons (Fsp3) is 0.409. The van der Waals surface area contributed by atoms with E-state index in [-0.39, 0.29) is 5.91 Å². The van der Waals surface area contributed by atoms with Gasteiger partial charge in [-0.15, -0.1) is 11.8 Å². The van der Waals surface area contributed by atoms with E-state index in [0.29, 0.717) is 11.8 Å². The number of aryl methyl sites for hydroxylation is 2. The Balaban J connectivity index is 1.40. The second-order valence-electron chi connectivity index (χ2n) is 7.10. The van der Waals surface area contributed by atoms with Crippen LogP contribution < -0.4 is 5.32 Å². The number of hydrogen-bond donors (Lipinski definition) is 1. The smallest absolute Gasteiger partial charge is 0.230 e. The highest BCUT2D eigenvalue weighted by molar-refractivity contribution is 8.00. The maximum absolute atomic E-state index is 12.3. The minimum Gasteiger partial charge on any atom is -0.353 e. The van der Waals surface area contributed by atoms with Gasteiger partial charge in [0.05, 0.1) is 5.75 Å². The Morgan fingerprint density at radius 2 is 1.69 bits per heavy atom. The second kappa shape index (κ2) is 9.24. The van der Waals surface area contributed by atoms with Crippen LogP contribution in [-0.4, -0.2) is 35.7 Å². The van der Waals surface area contributed by atoms with Crippen molar-refractivity contribution in [3.05, 3.63) is 65.2 Å². The second-order valence-corrected chi connectivity index (χ2v) is 8.12. The van der Waals surface area contributed by atoms with Crippen molar-refractivity contribution in [3.8, 4) is 0 Å². The standard InChI is InChI=1S/C22H28N2OS/c1-17-7-3-5-9-19(17)15-24-13-11-20(12-14-24)23-22(25)16-26-21-10-6-4-8-18(21)2/h3-10,20H,11-16H2,1-2H3,(H,23,25). The number of likely N-dealkylation sites (tertiary alicyclic amines) is 1. The van der Waals surface area contributed by atoms with Crippen molar-refractivity contribution in [2.75, 3.05) is 18.8 Å². The predicted octanol–water partition coefficient (Wildman–Crippen LogP) is 4.18. The molecule has 1 aliphatic heterocycles. The summed E-state index contributed by atoms with van der Waals surface area (Å²) < 4.78 is 0. The molecule has 1 aliphatic rings. The van der Waals surface area contributed by atoms with Crippen LogP contribution in [-0.2, 0) is 11.3 Å². The highest BCUT2D eigenvalue weighted by atomic mass is 32.2. The van der Waals surface area contributed by atoms with Crippen LogP contribution in [0, 0.1) is 13.8 Å². The van der Waals surface area contributed by atoms with E-state index < -0.39 is 0 Å². The molecule has 2 aromatic rings. The van der Waals surface area contributed by atoms with Gasteiger partial charge in [-0.05, 0) is 49.4 Å². The lowest BCUT2D eigenvalue weighted by atomic mass is 10.0. The van der Waals surface area contributed by atoms with Crippen LogP contribution >= 0.6 is 11.8 Å².